The van der Waals surface area contributed by atoms with Gasteiger partial charge in [0.25, 0.3) is 0 Å². The van der Waals surface area contributed by atoms with Crippen molar-refractivity contribution in [1.29, 1.82) is 0 Å². The van der Waals surface area contributed by atoms with Crippen LogP contribution in [0.2, 0.25) is 0 Å². The molecule has 8 nitrogen and oxygen atoms in total. The second kappa shape index (κ2) is 11.2. The molecule has 0 spiro atoms. The van der Waals surface area contributed by atoms with Crippen molar-refractivity contribution >= 4 is 23.8 Å². The van der Waals surface area contributed by atoms with Crippen LogP contribution in [0.25, 0.3) is 0 Å². The highest BCUT2D eigenvalue weighted by Gasteiger charge is 2.30. The molecule has 1 aliphatic heterocycles. The second-order valence-corrected chi connectivity index (χ2v) is 9.32. The van der Waals surface area contributed by atoms with Crippen LogP contribution in [0.4, 0.5) is 19.7 Å². The first-order valence-electron chi connectivity index (χ1n) is 11.5. The highest BCUT2D eigenvalue weighted by molar-refractivity contribution is 5.92. The van der Waals surface area contributed by atoms with Gasteiger partial charge in [-0.25, -0.2) is 18.8 Å². The third-order valence-electron chi connectivity index (χ3n) is 5.53. The fourth-order valence-electron chi connectivity index (χ4n) is 3.70. The molecule has 2 aromatic carbocycles. The molecule has 35 heavy (non-hydrogen) atoms. The van der Waals surface area contributed by atoms with E-state index in [1.54, 1.807) is 63.2 Å². The number of alkyl halides is 1. The van der Waals surface area contributed by atoms with Crippen LogP contribution in [0.5, 0.6) is 0 Å². The van der Waals surface area contributed by atoms with Crippen LogP contribution in [-0.2, 0) is 22.7 Å². The monoisotopic (exact) mass is 485 g/mol. The zero-order chi connectivity index (χ0) is 25.6. The van der Waals surface area contributed by atoms with Gasteiger partial charge >= 0.3 is 18.1 Å². The summed E-state index contributed by atoms with van der Waals surface area (Å²) in [5.41, 5.74) is 1.65. The number of carbonyl (C=O) groups is 3. The number of carbonyl (C=O) groups excluding carboxylic acids is 3. The van der Waals surface area contributed by atoms with Gasteiger partial charge in [0.2, 0.25) is 0 Å². The summed E-state index contributed by atoms with van der Waals surface area (Å²) in [4.78, 5) is 42.5. The Morgan fingerprint density at radius 3 is 2.14 bits per heavy atom. The van der Waals surface area contributed by atoms with Crippen LogP contribution < -0.4 is 4.90 Å². The molecule has 188 valence electrons. The molecule has 0 unspecified atom stereocenters. The number of esters is 1. The summed E-state index contributed by atoms with van der Waals surface area (Å²) in [6.45, 7) is 6.42. The van der Waals surface area contributed by atoms with Gasteiger partial charge in [0.1, 0.15) is 12.3 Å². The first-order valence-corrected chi connectivity index (χ1v) is 11.5. The Balaban J connectivity index is 1.77. The number of rotatable bonds is 5. The quantitative estimate of drug-likeness (QED) is 0.578. The van der Waals surface area contributed by atoms with Crippen molar-refractivity contribution in [3.8, 4) is 0 Å². The van der Waals surface area contributed by atoms with E-state index in [-0.39, 0.29) is 12.6 Å². The minimum atomic E-state index is -0.641. The van der Waals surface area contributed by atoms with Crippen molar-refractivity contribution in [2.24, 2.45) is 0 Å². The molecule has 1 aliphatic rings. The first kappa shape index (κ1) is 26.0. The van der Waals surface area contributed by atoms with Crippen LogP contribution >= 0.6 is 0 Å². The molecular weight excluding hydrogens is 453 g/mol. The van der Waals surface area contributed by atoms with E-state index in [0.29, 0.717) is 43.0 Å². The lowest BCUT2D eigenvalue weighted by atomic mass is 10.1. The highest BCUT2D eigenvalue weighted by Crippen LogP contribution is 2.23. The molecular formula is C26H32FN3O5. The number of amides is 3. The molecule has 9 heteroatoms. The maximum absolute atomic E-state index is 13.6. The van der Waals surface area contributed by atoms with Crippen molar-refractivity contribution in [3.05, 3.63) is 65.2 Å². The lowest BCUT2D eigenvalue weighted by molar-refractivity contribution is 0.0172. The van der Waals surface area contributed by atoms with Crippen molar-refractivity contribution in [2.75, 3.05) is 38.2 Å². The van der Waals surface area contributed by atoms with Crippen LogP contribution in [-0.4, -0.2) is 66.8 Å². The Kier molecular flexibility index (Phi) is 8.32. The molecule has 1 fully saturated rings. The minimum Gasteiger partial charge on any atom is -0.465 e. The van der Waals surface area contributed by atoms with Crippen LogP contribution in [0.1, 0.15) is 42.3 Å². The van der Waals surface area contributed by atoms with E-state index in [9.17, 15) is 18.8 Å². The third kappa shape index (κ3) is 6.94. The molecule has 0 atom stereocenters. The van der Waals surface area contributed by atoms with Gasteiger partial charge < -0.3 is 19.3 Å². The van der Waals surface area contributed by atoms with Crippen molar-refractivity contribution in [3.63, 3.8) is 0 Å². The van der Waals surface area contributed by atoms with E-state index in [1.807, 2.05) is 20.8 Å². The van der Waals surface area contributed by atoms with Gasteiger partial charge in [0, 0.05) is 31.9 Å². The highest BCUT2D eigenvalue weighted by atomic mass is 19.1. The summed E-state index contributed by atoms with van der Waals surface area (Å²) in [5.74, 6) is -0.442. The topological polar surface area (TPSA) is 79.4 Å². The number of benzene rings is 2. The Bertz CT molecular complexity index is 1040. The molecule has 3 amide bonds. The number of hydrogen-bond acceptors (Lipinski definition) is 5. The Labute approximate surface area is 205 Å². The zero-order valence-electron chi connectivity index (χ0n) is 20.6. The first-order chi connectivity index (χ1) is 16.6. The number of urea groups is 1. The summed E-state index contributed by atoms with van der Waals surface area (Å²) in [6.07, 6.45) is -0.400. The largest absolute Gasteiger partial charge is 0.465 e. The normalized spacial score (nSPS) is 13.9. The maximum Gasteiger partial charge on any atom is 0.410 e. The number of anilines is 1. The Morgan fingerprint density at radius 1 is 0.943 bits per heavy atom. The number of nitrogens with zero attached hydrogens (tertiary/aromatic N) is 3. The third-order valence-corrected chi connectivity index (χ3v) is 5.53. The Hall–Kier alpha value is -3.62. The van der Waals surface area contributed by atoms with Gasteiger partial charge in [0.15, 0.2) is 0 Å². The molecule has 0 aliphatic carbocycles. The van der Waals surface area contributed by atoms with E-state index in [1.165, 1.54) is 7.11 Å². The van der Waals surface area contributed by atoms with E-state index in [2.05, 4.69) is 0 Å². The summed E-state index contributed by atoms with van der Waals surface area (Å²) < 4.78 is 23.5. The summed E-state index contributed by atoms with van der Waals surface area (Å²) in [6, 6.07) is 13.3. The molecule has 1 saturated heterocycles. The number of piperazine rings is 1. The average molecular weight is 486 g/mol. The van der Waals surface area contributed by atoms with E-state index < -0.39 is 24.3 Å². The fraction of sp³-hybridized carbons (Fsp3) is 0.423. The predicted octanol–water partition coefficient (Wildman–Crippen LogP) is 4.62. The van der Waals surface area contributed by atoms with Gasteiger partial charge in [-0.2, -0.15) is 0 Å². The number of halogens is 1. The van der Waals surface area contributed by atoms with E-state index in [0.717, 1.165) is 5.56 Å². The van der Waals surface area contributed by atoms with Crippen molar-refractivity contribution in [1.82, 2.24) is 9.80 Å². The number of ether oxygens (including phenoxy) is 2. The van der Waals surface area contributed by atoms with Crippen molar-refractivity contribution < 1.29 is 28.2 Å². The Morgan fingerprint density at radius 2 is 1.57 bits per heavy atom. The standard InChI is InChI=1S/C26H32FN3O5/c1-26(2,3)35-25(33)29-14-12-28(13-15-29)24(32)30(22-7-5-6-20(16-22)17-27)18-19-8-10-21(11-9-19)23(31)34-4/h5-11,16H,12-15,17-18H2,1-4H3. The zero-order valence-corrected chi connectivity index (χ0v) is 20.6. The SMILES string of the molecule is COC(=O)c1ccc(CN(C(=O)N2CCN(C(=O)OC(C)(C)C)CC2)c2cccc(CF)c2)cc1. The smallest absolute Gasteiger partial charge is 0.410 e. The molecule has 3 rings (SSSR count). The van der Waals surface area contributed by atoms with Crippen molar-refractivity contribution in [2.45, 2.75) is 39.6 Å². The van der Waals surface area contributed by atoms with Gasteiger partial charge in [-0.1, -0.05) is 24.3 Å². The average Bonchev–Trinajstić information content (AvgIpc) is 2.86. The lowest BCUT2D eigenvalue weighted by Gasteiger charge is -2.38. The molecule has 0 bridgehead atoms. The molecule has 0 aromatic heterocycles. The number of hydrogen-bond donors (Lipinski definition) is 0. The lowest BCUT2D eigenvalue weighted by Crippen LogP contribution is -2.54. The summed E-state index contributed by atoms with van der Waals surface area (Å²) >= 11 is 0. The predicted molar refractivity (Wildman–Crippen MR) is 130 cm³/mol. The van der Waals surface area contributed by atoms with E-state index in [4.69, 9.17) is 9.47 Å². The van der Waals surface area contributed by atoms with E-state index >= 15 is 0 Å². The van der Waals surface area contributed by atoms with Gasteiger partial charge in [-0.15, -0.1) is 0 Å². The summed E-state index contributed by atoms with van der Waals surface area (Å²) in [7, 11) is 1.32. The molecule has 2 aromatic rings. The fourth-order valence-corrected chi connectivity index (χ4v) is 3.70. The molecule has 0 radical (unpaired) electrons. The maximum atomic E-state index is 13.6. The molecule has 0 saturated carbocycles. The van der Waals surface area contributed by atoms with Crippen LogP contribution in [0.3, 0.4) is 0 Å². The second-order valence-electron chi connectivity index (χ2n) is 9.32. The number of methoxy groups -OCH3 is 1. The molecule has 0 N–H and O–H groups in total. The minimum absolute atomic E-state index is 0.225. The van der Waals surface area contributed by atoms with Crippen LogP contribution in [0, 0.1) is 0 Å². The molecule has 1 heterocycles. The van der Waals surface area contributed by atoms with Gasteiger partial charge in [-0.05, 0) is 56.2 Å². The summed E-state index contributed by atoms with van der Waals surface area (Å²) in [5, 5.41) is 0. The van der Waals surface area contributed by atoms with Gasteiger partial charge in [0.05, 0.1) is 19.2 Å². The van der Waals surface area contributed by atoms with Crippen LogP contribution in [0.15, 0.2) is 48.5 Å². The van der Waals surface area contributed by atoms with Gasteiger partial charge in [-0.3, -0.25) is 4.90 Å².